The third-order valence-corrected chi connectivity index (χ3v) is 5.32. The Hall–Kier alpha value is -3.70. The molecular formula is C24H23F5N2O5. The summed E-state index contributed by atoms with van der Waals surface area (Å²) in [5.74, 6) is -2.36. The standard InChI is InChI=1S/C24H23F5N2O5/c1-23(2,3)36-22(35)30-17-9-12-4-5-13(19(25)26)10-18(12)31(20(17)32)11-14-8-15(24(27,28)29)6-7-16(14)21(33)34/h4-8,10,17,19H,9,11H2,1-3H3,(H,30,35)(H,33,34)/t17-/m1/s1. The summed E-state index contributed by atoms with van der Waals surface area (Å²) in [6, 6.07) is 4.21. The Morgan fingerprint density at radius 2 is 1.81 bits per heavy atom. The molecule has 2 N–H and O–H groups in total. The number of carboxylic acid groups (broad SMARTS) is 1. The number of hydrogen-bond donors (Lipinski definition) is 2. The molecule has 1 heterocycles. The van der Waals surface area contributed by atoms with Crippen LogP contribution >= 0.6 is 0 Å². The number of fused-ring (bicyclic) bond motifs is 1. The van der Waals surface area contributed by atoms with Crippen molar-refractivity contribution in [1.29, 1.82) is 0 Å². The highest BCUT2D eigenvalue weighted by atomic mass is 19.4. The molecule has 0 spiro atoms. The summed E-state index contributed by atoms with van der Waals surface area (Å²) >= 11 is 0. The number of nitrogens with one attached hydrogen (secondary N) is 1. The molecule has 0 aromatic heterocycles. The van der Waals surface area contributed by atoms with Crippen LogP contribution in [0, 0.1) is 0 Å². The van der Waals surface area contributed by atoms with Crippen LogP contribution in [0.2, 0.25) is 0 Å². The molecule has 0 aliphatic carbocycles. The summed E-state index contributed by atoms with van der Waals surface area (Å²) in [6.45, 7) is 4.13. The predicted molar refractivity (Wildman–Crippen MR) is 118 cm³/mol. The van der Waals surface area contributed by atoms with Crippen molar-refractivity contribution >= 4 is 23.7 Å². The molecule has 0 saturated heterocycles. The van der Waals surface area contributed by atoms with E-state index in [2.05, 4.69) is 5.32 Å². The van der Waals surface area contributed by atoms with Gasteiger partial charge in [0, 0.05) is 17.7 Å². The lowest BCUT2D eigenvalue weighted by atomic mass is 9.94. The Morgan fingerprint density at radius 1 is 1.14 bits per heavy atom. The van der Waals surface area contributed by atoms with Crippen LogP contribution in [-0.2, 0) is 28.7 Å². The van der Waals surface area contributed by atoms with Gasteiger partial charge in [0.25, 0.3) is 6.43 Å². The van der Waals surface area contributed by atoms with Crippen LogP contribution < -0.4 is 10.2 Å². The van der Waals surface area contributed by atoms with Crippen LogP contribution in [0.1, 0.15) is 59.8 Å². The average molecular weight is 514 g/mol. The highest BCUT2D eigenvalue weighted by Gasteiger charge is 2.37. The molecular weight excluding hydrogens is 491 g/mol. The van der Waals surface area contributed by atoms with Gasteiger partial charge in [0.2, 0.25) is 5.91 Å². The summed E-state index contributed by atoms with van der Waals surface area (Å²) < 4.78 is 71.8. The first kappa shape index (κ1) is 26.9. The largest absolute Gasteiger partial charge is 0.478 e. The zero-order valence-electron chi connectivity index (χ0n) is 19.5. The Morgan fingerprint density at radius 3 is 2.36 bits per heavy atom. The molecule has 0 bridgehead atoms. The van der Waals surface area contributed by atoms with Gasteiger partial charge in [-0.05, 0) is 56.2 Å². The van der Waals surface area contributed by atoms with E-state index in [0.29, 0.717) is 17.7 Å². The summed E-state index contributed by atoms with van der Waals surface area (Å²) in [6.07, 6.45) is -8.71. The number of anilines is 1. The number of ether oxygens (including phenoxy) is 1. The first-order valence-corrected chi connectivity index (χ1v) is 10.7. The molecule has 1 atom stereocenters. The van der Waals surface area contributed by atoms with Crippen LogP contribution in [0.4, 0.5) is 32.4 Å². The van der Waals surface area contributed by atoms with Crippen molar-refractivity contribution in [3.8, 4) is 0 Å². The van der Waals surface area contributed by atoms with E-state index in [9.17, 15) is 41.4 Å². The number of nitrogens with zero attached hydrogens (tertiary/aromatic N) is 1. The molecule has 2 amide bonds. The van der Waals surface area contributed by atoms with E-state index in [1.807, 2.05) is 0 Å². The second-order valence-corrected chi connectivity index (χ2v) is 9.19. The number of benzene rings is 2. The average Bonchev–Trinajstić information content (AvgIpc) is 2.74. The minimum absolute atomic E-state index is 0.0196. The fourth-order valence-electron chi connectivity index (χ4n) is 3.76. The smallest absolute Gasteiger partial charge is 0.416 e. The predicted octanol–water partition coefficient (Wildman–Crippen LogP) is 5.32. The Labute approximate surface area is 202 Å². The minimum atomic E-state index is -4.79. The van der Waals surface area contributed by atoms with Crippen LogP contribution in [0.5, 0.6) is 0 Å². The number of aromatic carboxylic acids is 1. The molecule has 0 unspecified atom stereocenters. The van der Waals surface area contributed by atoms with E-state index < -0.39 is 65.4 Å². The van der Waals surface area contributed by atoms with Gasteiger partial charge in [0.05, 0.1) is 17.7 Å². The zero-order chi connectivity index (χ0) is 27.0. The van der Waals surface area contributed by atoms with Gasteiger partial charge in [-0.3, -0.25) is 4.79 Å². The molecule has 2 aromatic carbocycles. The maximum absolute atomic E-state index is 13.4. The van der Waals surface area contributed by atoms with Crippen molar-refractivity contribution < 1.29 is 46.2 Å². The third-order valence-electron chi connectivity index (χ3n) is 5.32. The molecule has 0 saturated carbocycles. The van der Waals surface area contributed by atoms with Crippen molar-refractivity contribution in [3.63, 3.8) is 0 Å². The number of carbonyl (C=O) groups is 3. The quantitative estimate of drug-likeness (QED) is 0.527. The number of alkyl carbamates (subject to hydrolysis) is 1. The van der Waals surface area contributed by atoms with E-state index in [0.717, 1.165) is 23.1 Å². The Bertz CT molecular complexity index is 1190. The molecule has 0 fully saturated rings. The minimum Gasteiger partial charge on any atom is -0.478 e. The normalized spacial score (nSPS) is 16.1. The molecule has 194 valence electrons. The fraction of sp³-hybridized carbons (Fsp3) is 0.375. The van der Waals surface area contributed by atoms with Gasteiger partial charge in [-0.2, -0.15) is 13.2 Å². The highest BCUT2D eigenvalue weighted by Crippen LogP contribution is 2.35. The number of amides is 2. The van der Waals surface area contributed by atoms with E-state index in [1.54, 1.807) is 20.8 Å². The van der Waals surface area contributed by atoms with Gasteiger partial charge in [-0.1, -0.05) is 12.1 Å². The van der Waals surface area contributed by atoms with E-state index in [1.165, 1.54) is 6.07 Å². The number of carbonyl (C=O) groups excluding carboxylic acids is 2. The van der Waals surface area contributed by atoms with Gasteiger partial charge in [-0.25, -0.2) is 18.4 Å². The maximum Gasteiger partial charge on any atom is 0.416 e. The molecule has 3 rings (SSSR count). The molecule has 7 nitrogen and oxygen atoms in total. The molecule has 1 aliphatic heterocycles. The second kappa shape index (κ2) is 9.75. The van der Waals surface area contributed by atoms with Crippen molar-refractivity contribution in [2.75, 3.05) is 4.90 Å². The van der Waals surface area contributed by atoms with Gasteiger partial charge < -0.3 is 20.1 Å². The monoisotopic (exact) mass is 514 g/mol. The van der Waals surface area contributed by atoms with Gasteiger partial charge >= 0.3 is 18.2 Å². The van der Waals surface area contributed by atoms with Crippen molar-refractivity contribution in [3.05, 3.63) is 64.2 Å². The van der Waals surface area contributed by atoms with Crippen molar-refractivity contribution in [2.24, 2.45) is 0 Å². The number of halogens is 5. The van der Waals surface area contributed by atoms with Crippen LogP contribution in [0.15, 0.2) is 36.4 Å². The molecule has 0 radical (unpaired) electrons. The van der Waals surface area contributed by atoms with Crippen LogP contribution in [0.25, 0.3) is 0 Å². The van der Waals surface area contributed by atoms with Crippen LogP contribution in [-0.4, -0.2) is 34.7 Å². The summed E-state index contributed by atoms with van der Waals surface area (Å²) in [4.78, 5) is 38.2. The van der Waals surface area contributed by atoms with Crippen molar-refractivity contribution in [2.45, 2.75) is 58.0 Å². The van der Waals surface area contributed by atoms with Gasteiger partial charge in [0.15, 0.2) is 0 Å². The lowest BCUT2D eigenvalue weighted by molar-refractivity contribution is -0.137. The van der Waals surface area contributed by atoms with Gasteiger partial charge in [-0.15, -0.1) is 0 Å². The zero-order valence-corrected chi connectivity index (χ0v) is 19.5. The lowest BCUT2D eigenvalue weighted by Gasteiger charge is -2.35. The number of hydrogen-bond acceptors (Lipinski definition) is 4. The summed E-state index contributed by atoms with van der Waals surface area (Å²) in [5.41, 5.74) is -3.00. The molecule has 12 heteroatoms. The first-order valence-electron chi connectivity index (χ1n) is 10.7. The Kier molecular flexibility index (Phi) is 7.28. The number of alkyl halides is 5. The molecule has 1 aliphatic rings. The summed E-state index contributed by atoms with van der Waals surface area (Å²) in [7, 11) is 0. The van der Waals surface area contributed by atoms with Gasteiger partial charge in [0.1, 0.15) is 11.6 Å². The third kappa shape index (κ3) is 6.10. The summed E-state index contributed by atoms with van der Waals surface area (Å²) in [5, 5.41) is 11.9. The van der Waals surface area contributed by atoms with Crippen LogP contribution in [0.3, 0.4) is 0 Å². The Balaban J connectivity index is 2.07. The first-order chi connectivity index (χ1) is 16.6. The molecule has 2 aromatic rings. The molecule has 36 heavy (non-hydrogen) atoms. The fourth-order valence-corrected chi connectivity index (χ4v) is 3.76. The highest BCUT2D eigenvalue weighted by molar-refractivity contribution is 6.02. The van der Waals surface area contributed by atoms with E-state index in [4.69, 9.17) is 4.74 Å². The van der Waals surface area contributed by atoms with E-state index >= 15 is 0 Å². The number of carboxylic acids is 1. The maximum atomic E-state index is 13.4. The topological polar surface area (TPSA) is 95.9 Å². The van der Waals surface area contributed by atoms with E-state index in [-0.39, 0.29) is 17.7 Å². The SMILES string of the molecule is CC(C)(C)OC(=O)N[C@@H]1Cc2ccc(C(F)F)cc2N(Cc2cc(C(F)(F)F)ccc2C(=O)O)C1=O. The number of rotatable bonds is 5. The lowest BCUT2D eigenvalue weighted by Crippen LogP contribution is -2.53. The van der Waals surface area contributed by atoms with Crippen molar-refractivity contribution in [1.82, 2.24) is 5.32 Å². The second-order valence-electron chi connectivity index (χ2n) is 9.19.